The van der Waals surface area contributed by atoms with Crippen LogP contribution in [0.1, 0.15) is 30.1 Å². The SMILES string of the molecule is CCOc1ccccc1OC1CCN(C(=O)CNC(=O)c2cccc(Br)c2)CC1. The monoisotopic (exact) mass is 460 g/mol. The molecule has 2 aromatic rings. The van der Waals surface area contributed by atoms with Gasteiger partial charge in [-0.2, -0.15) is 0 Å². The molecule has 0 bridgehead atoms. The van der Waals surface area contributed by atoms with E-state index in [1.807, 2.05) is 37.3 Å². The van der Waals surface area contributed by atoms with Crippen molar-refractivity contribution in [3.8, 4) is 11.5 Å². The van der Waals surface area contributed by atoms with Crippen molar-refractivity contribution in [2.45, 2.75) is 25.9 Å². The third kappa shape index (κ3) is 5.97. The van der Waals surface area contributed by atoms with Crippen LogP contribution in [0.25, 0.3) is 0 Å². The minimum Gasteiger partial charge on any atom is -0.490 e. The Labute approximate surface area is 179 Å². The van der Waals surface area contributed by atoms with Gasteiger partial charge in [-0.3, -0.25) is 9.59 Å². The topological polar surface area (TPSA) is 67.9 Å². The lowest BCUT2D eigenvalue weighted by molar-refractivity contribution is -0.131. The van der Waals surface area contributed by atoms with E-state index >= 15 is 0 Å². The van der Waals surface area contributed by atoms with Gasteiger partial charge in [0.05, 0.1) is 13.2 Å². The molecule has 0 aromatic heterocycles. The van der Waals surface area contributed by atoms with Crippen molar-refractivity contribution in [3.63, 3.8) is 0 Å². The molecule has 1 fully saturated rings. The molecule has 0 unspecified atom stereocenters. The van der Waals surface area contributed by atoms with Crippen LogP contribution in [-0.4, -0.2) is 49.1 Å². The Balaban J connectivity index is 1.45. The average Bonchev–Trinajstić information content (AvgIpc) is 2.74. The van der Waals surface area contributed by atoms with Gasteiger partial charge in [-0.15, -0.1) is 0 Å². The van der Waals surface area contributed by atoms with Crippen molar-refractivity contribution in [1.29, 1.82) is 0 Å². The second-order valence-electron chi connectivity index (χ2n) is 6.77. The van der Waals surface area contributed by atoms with Crippen LogP contribution in [0.5, 0.6) is 11.5 Å². The van der Waals surface area contributed by atoms with E-state index in [2.05, 4.69) is 21.2 Å². The molecule has 2 aromatic carbocycles. The number of carbonyl (C=O) groups excluding carboxylic acids is 2. The Bertz CT molecular complexity index is 850. The van der Waals surface area contributed by atoms with Crippen LogP contribution >= 0.6 is 15.9 Å². The maximum Gasteiger partial charge on any atom is 0.251 e. The molecule has 2 amide bonds. The summed E-state index contributed by atoms with van der Waals surface area (Å²) in [5, 5.41) is 2.70. The van der Waals surface area contributed by atoms with Crippen molar-refractivity contribution in [3.05, 3.63) is 58.6 Å². The molecular formula is C22H25BrN2O4. The number of rotatable bonds is 7. The van der Waals surface area contributed by atoms with E-state index in [9.17, 15) is 9.59 Å². The molecule has 1 saturated heterocycles. The van der Waals surface area contributed by atoms with Crippen LogP contribution < -0.4 is 14.8 Å². The van der Waals surface area contributed by atoms with Gasteiger partial charge in [0.1, 0.15) is 6.10 Å². The molecule has 29 heavy (non-hydrogen) atoms. The number of para-hydroxylation sites is 2. The molecule has 0 spiro atoms. The predicted molar refractivity (Wildman–Crippen MR) is 114 cm³/mol. The van der Waals surface area contributed by atoms with Crippen LogP contribution in [0.2, 0.25) is 0 Å². The fourth-order valence-corrected chi connectivity index (χ4v) is 3.62. The Hall–Kier alpha value is -2.54. The van der Waals surface area contributed by atoms with Crippen LogP contribution in [0.4, 0.5) is 0 Å². The smallest absolute Gasteiger partial charge is 0.251 e. The van der Waals surface area contributed by atoms with Crippen LogP contribution in [-0.2, 0) is 4.79 Å². The summed E-state index contributed by atoms with van der Waals surface area (Å²) in [6.07, 6.45) is 1.52. The average molecular weight is 461 g/mol. The number of halogens is 1. The van der Waals surface area contributed by atoms with Crippen LogP contribution in [0, 0.1) is 0 Å². The molecule has 1 N–H and O–H groups in total. The van der Waals surface area contributed by atoms with Gasteiger partial charge in [0.2, 0.25) is 5.91 Å². The zero-order valence-corrected chi connectivity index (χ0v) is 18.0. The highest BCUT2D eigenvalue weighted by atomic mass is 79.9. The van der Waals surface area contributed by atoms with E-state index in [0.717, 1.165) is 28.8 Å². The molecule has 0 radical (unpaired) electrons. The lowest BCUT2D eigenvalue weighted by atomic mass is 10.1. The Morgan fingerprint density at radius 1 is 1.10 bits per heavy atom. The van der Waals surface area contributed by atoms with Crippen molar-refractivity contribution >= 4 is 27.7 Å². The molecule has 3 rings (SSSR count). The minimum absolute atomic E-state index is 0.00988. The Morgan fingerprint density at radius 3 is 2.52 bits per heavy atom. The summed E-state index contributed by atoms with van der Waals surface area (Å²) >= 11 is 3.34. The Kier molecular flexibility index (Phi) is 7.52. The molecule has 0 aliphatic carbocycles. The van der Waals surface area contributed by atoms with Crippen molar-refractivity contribution in [2.75, 3.05) is 26.2 Å². The third-order valence-electron chi connectivity index (χ3n) is 4.72. The standard InChI is InChI=1S/C22H25BrN2O4/c1-2-28-19-8-3-4-9-20(19)29-18-10-12-25(13-11-18)21(26)15-24-22(27)16-6-5-7-17(23)14-16/h3-9,14,18H,2,10-13,15H2,1H3,(H,24,27). The van der Waals surface area contributed by atoms with E-state index in [0.29, 0.717) is 25.3 Å². The number of ether oxygens (including phenoxy) is 2. The molecule has 6 nitrogen and oxygen atoms in total. The summed E-state index contributed by atoms with van der Waals surface area (Å²) in [5.41, 5.74) is 0.521. The zero-order chi connectivity index (χ0) is 20.6. The number of likely N-dealkylation sites (tertiary alicyclic amines) is 1. The number of hydrogen-bond donors (Lipinski definition) is 1. The fraction of sp³-hybridized carbons (Fsp3) is 0.364. The first-order chi connectivity index (χ1) is 14.1. The van der Waals surface area contributed by atoms with Gasteiger partial charge in [0.25, 0.3) is 5.91 Å². The Morgan fingerprint density at radius 2 is 1.83 bits per heavy atom. The first-order valence-corrected chi connectivity index (χ1v) is 10.6. The van der Waals surface area contributed by atoms with Gasteiger partial charge in [0, 0.05) is 36.0 Å². The van der Waals surface area contributed by atoms with Crippen molar-refractivity contribution < 1.29 is 19.1 Å². The summed E-state index contributed by atoms with van der Waals surface area (Å²) in [5.74, 6) is 1.14. The zero-order valence-electron chi connectivity index (χ0n) is 16.4. The number of piperidine rings is 1. The summed E-state index contributed by atoms with van der Waals surface area (Å²) in [7, 11) is 0. The molecule has 1 heterocycles. The van der Waals surface area contributed by atoms with Gasteiger partial charge in [-0.25, -0.2) is 0 Å². The maximum absolute atomic E-state index is 12.4. The summed E-state index contributed by atoms with van der Waals surface area (Å²) in [6, 6.07) is 14.7. The lowest BCUT2D eigenvalue weighted by Gasteiger charge is -2.32. The molecular weight excluding hydrogens is 436 g/mol. The van der Waals surface area contributed by atoms with E-state index in [1.165, 1.54) is 0 Å². The van der Waals surface area contributed by atoms with Gasteiger partial charge in [-0.1, -0.05) is 34.1 Å². The number of benzene rings is 2. The molecule has 1 aliphatic rings. The van der Waals surface area contributed by atoms with Crippen molar-refractivity contribution in [1.82, 2.24) is 10.2 Å². The van der Waals surface area contributed by atoms with Crippen LogP contribution in [0.3, 0.4) is 0 Å². The van der Waals surface area contributed by atoms with Crippen molar-refractivity contribution in [2.24, 2.45) is 0 Å². The summed E-state index contributed by atoms with van der Waals surface area (Å²) in [6.45, 7) is 3.72. The van der Waals surface area contributed by atoms with Gasteiger partial charge < -0.3 is 19.7 Å². The highest BCUT2D eigenvalue weighted by Gasteiger charge is 2.25. The lowest BCUT2D eigenvalue weighted by Crippen LogP contribution is -2.46. The molecule has 7 heteroatoms. The first kappa shape index (κ1) is 21.2. The van der Waals surface area contributed by atoms with Gasteiger partial charge in [-0.05, 0) is 37.3 Å². The van der Waals surface area contributed by atoms with Crippen LogP contribution in [0.15, 0.2) is 53.0 Å². The summed E-state index contributed by atoms with van der Waals surface area (Å²) < 4.78 is 12.5. The predicted octanol–water partition coefficient (Wildman–Crippen LogP) is 3.65. The largest absolute Gasteiger partial charge is 0.490 e. The quantitative estimate of drug-likeness (QED) is 0.684. The minimum atomic E-state index is -0.259. The number of carbonyl (C=O) groups is 2. The first-order valence-electron chi connectivity index (χ1n) is 9.77. The maximum atomic E-state index is 12.4. The van der Waals surface area contributed by atoms with E-state index in [4.69, 9.17) is 9.47 Å². The second-order valence-corrected chi connectivity index (χ2v) is 7.69. The number of nitrogens with one attached hydrogen (secondary N) is 1. The second kappa shape index (κ2) is 10.3. The fourth-order valence-electron chi connectivity index (χ4n) is 3.22. The number of amides is 2. The highest BCUT2D eigenvalue weighted by molar-refractivity contribution is 9.10. The van der Waals surface area contributed by atoms with E-state index in [-0.39, 0.29) is 24.5 Å². The van der Waals surface area contributed by atoms with Gasteiger partial charge >= 0.3 is 0 Å². The highest BCUT2D eigenvalue weighted by Crippen LogP contribution is 2.29. The normalized spacial score (nSPS) is 14.3. The number of hydrogen-bond acceptors (Lipinski definition) is 4. The van der Waals surface area contributed by atoms with Gasteiger partial charge in [0.15, 0.2) is 11.5 Å². The molecule has 1 aliphatic heterocycles. The molecule has 154 valence electrons. The molecule has 0 atom stereocenters. The molecule has 0 saturated carbocycles. The summed E-state index contributed by atoms with van der Waals surface area (Å²) in [4.78, 5) is 26.4. The third-order valence-corrected chi connectivity index (χ3v) is 5.22. The van der Waals surface area contributed by atoms with E-state index in [1.54, 1.807) is 23.1 Å². The number of nitrogens with zero attached hydrogens (tertiary/aromatic N) is 1. The van der Waals surface area contributed by atoms with E-state index < -0.39 is 0 Å².